The van der Waals surface area contributed by atoms with Crippen molar-refractivity contribution in [3.05, 3.63) is 0 Å². The van der Waals surface area contributed by atoms with Gasteiger partial charge in [0.25, 0.3) is 0 Å². The lowest BCUT2D eigenvalue weighted by molar-refractivity contribution is 0.0454. The molecule has 0 radical (unpaired) electrons. The third kappa shape index (κ3) is 6.47. The SMILES string of the molecule is CC(C)OC(P)CN(C)C. The van der Waals surface area contributed by atoms with Gasteiger partial charge in [0.2, 0.25) is 0 Å². The maximum atomic E-state index is 5.48. The Morgan fingerprint density at radius 2 is 1.90 bits per heavy atom. The van der Waals surface area contributed by atoms with Crippen LogP contribution in [0.3, 0.4) is 0 Å². The van der Waals surface area contributed by atoms with Gasteiger partial charge < -0.3 is 9.64 Å². The highest BCUT2D eigenvalue weighted by molar-refractivity contribution is 7.17. The molecule has 0 aromatic heterocycles. The van der Waals surface area contributed by atoms with Crippen LogP contribution in [0.4, 0.5) is 0 Å². The van der Waals surface area contributed by atoms with Crippen LogP contribution < -0.4 is 0 Å². The number of likely N-dealkylation sites (N-methyl/N-ethyl adjacent to an activating group) is 1. The second-order valence-corrected chi connectivity index (χ2v) is 3.73. The van der Waals surface area contributed by atoms with Crippen LogP contribution in [0.15, 0.2) is 0 Å². The molecule has 0 saturated heterocycles. The Morgan fingerprint density at radius 1 is 1.40 bits per heavy atom. The first-order valence-corrected chi connectivity index (χ1v) is 4.25. The summed E-state index contributed by atoms with van der Waals surface area (Å²) in [4.78, 5) is 2.11. The lowest BCUT2D eigenvalue weighted by atomic mass is 10.5. The molecule has 0 aliphatic carbocycles. The van der Waals surface area contributed by atoms with Gasteiger partial charge in [-0.2, -0.15) is 0 Å². The summed E-state index contributed by atoms with van der Waals surface area (Å²) in [5.41, 5.74) is 0. The first kappa shape index (κ1) is 10.3. The average Bonchev–Trinajstić information content (AvgIpc) is 1.58. The van der Waals surface area contributed by atoms with Crippen molar-refractivity contribution in [3.63, 3.8) is 0 Å². The molecular weight excluding hydrogens is 145 g/mol. The fourth-order valence-corrected chi connectivity index (χ4v) is 1.49. The molecule has 0 bridgehead atoms. The van der Waals surface area contributed by atoms with Crippen LogP contribution in [-0.4, -0.2) is 37.5 Å². The Bertz CT molecular complexity index is 75.7. The predicted octanol–water partition coefficient (Wildman–Crippen LogP) is 1.17. The minimum atomic E-state index is 0.259. The fourth-order valence-electron chi connectivity index (χ4n) is 0.753. The van der Waals surface area contributed by atoms with Crippen LogP contribution in [0.5, 0.6) is 0 Å². The Morgan fingerprint density at radius 3 is 2.20 bits per heavy atom. The quantitative estimate of drug-likeness (QED) is 0.577. The molecule has 0 aromatic rings. The summed E-state index contributed by atoms with van der Waals surface area (Å²) in [6.45, 7) is 5.06. The number of ether oxygens (including phenoxy) is 1. The molecule has 3 heteroatoms. The molecule has 2 unspecified atom stereocenters. The number of nitrogens with zero attached hydrogens (tertiary/aromatic N) is 1. The van der Waals surface area contributed by atoms with E-state index in [2.05, 4.69) is 14.1 Å². The molecule has 0 saturated carbocycles. The Hall–Kier alpha value is 0.350. The van der Waals surface area contributed by atoms with Crippen molar-refractivity contribution in [3.8, 4) is 0 Å². The molecule has 62 valence electrons. The summed E-state index contributed by atoms with van der Waals surface area (Å²) in [7, 11) is 6.77. The van der Waals surface area contributed by atoms with Crippen molar-refractivity contribution in [2.24, 2.45) is 0 Å². The zero-order chi connectivity index (χ0) is 8.15. The van der Waals surface area contributed by atoms with Crippen LogP contribution in [0, 0.1) is 0 Å². The van der Waals surface area contributed by atoms with E-state index in [1.54, 1.807) is 0 Å². The summed E-state index contributed by atoms with van der Waals surface area (Å²) < 4.78 is 5.48. The van der Waals surface area contributed by atoms with Crippen molar-refractivity contribution in [2.75, 3.05) is 20.6 Å². The molecule has 2 nitrogen and oxygen atoms in total. The zero-order valence-electron chi connectivity index (χ0n) is 7.29. The van der Waals surface area contributed by atoms with E-state index in [1.807, 2.05) is 27.9 Å². The topological polar surface area (TPSA) is 12.5 Å². The van der Waals surface area contributed by atoms with Crippen LogP contribution in [-0.2, 0) is 4.74 Å². The largest absolute Gasteiger partial charge is 0.370 e. The van der Waals surface area contributed by atoms with Gasteiger partial charge in [-0.1, -0.05) is 0 Å². The third-order valence-electron chi connectivity index (χ3n) is 0.992. The van der Waals surface area contributed by atoms with Crippen molar-refractivity contribution >= 4 is 9.24 Å². The van der Waals surface area contributed by atoms with E-state index in [1.165, 1.54) is 0 Å². The molecule has 0 aromatic carbocycles. The van der Waals surface area contributed by atoms with Gasteiger partial charge in [-0.25, -0.2) is 0 Å². The number of hydrogen-bond donors (Lipinski definition) is 0. The molecule has 0 fully saturated rings. The van der Waals surface area contributed by atoms with E-state index >= 15 is 0 Å². The van der Waals surface area contributed by atoms with Gasteiger partial charge >= 0.3 is 0 Å². The van der Waals surface area contributed by atoms with E-state index in [-0.39, 0.29) is 5.85 Å². The lowest BCUT2D eigenvalue weighted by Gasteiger charge is -2.19. The van der Waals surface area contributed by atoms with Gasteiger partial charge in [-0.3, -0.25) is 0 Å². The van der Waals surface area contributed by atoms with Crippen LogP contribution in [0.25, 0.3) is 0 Å². The third-order valence-corrected chi connectivity index (χ3v) is 1.36. The summed E-state index contributed by atoms with van der Waals surface area (Å²) in [5, 5.41) is 0. The van der Waals surface area contributed by atoms with E-state index in [0.29, 0.717) is 6.10 Å². The first-order valence-electron chi connectivity index (χ1n) is 3.58. The standard InChI is InChI=1S/C7H18NOP/c1-6(2)9-7(10)5-8(3)4/h6-7H,5,10H2,1-4H3. The number of rotatable bonds is 4. The fraction of sp³-hybridized carbons (Fsp3) is 1.00. The summed E-state index contributed by atoms with van der Waals surface area (Å²) >= 11 is 0. The second kappa shape index (κ2) is 5.06. The maximum Gasteiger partial charge on any atom is 0.0837 e. The molecule has 0 N–H and O–H groups in total. The Balaban J connectivity index is 3.34. The predicted molar refractivity (Wildman–Crippen MR) is 48.3 cm³/mol. The van der Waals surface area contributed by atoms with Crippen molar-refractivity contribution in [2.45, 2.75) is 25.8 Å². The maximum absolute atomic E-state index is 5.48. The van der Waals surface area contributed by atoms with Crippen LogP contribution >= 0.6 is 9.24 Å². The van der Waals surface area contributed by atoms with Crippen LogP contribution in [0.1, 0.15) is 13.8 Å². The van der Waals surface area contributed by atoms with Gasteiger partial charge in [0.1, 0.15) is 0 Å². The first-order chi connectivity index (χ1) is 4.52. The molecule has 0 aliphatic rings. The normalized spacial score (nSPS) is 14.7. The Kier molecular flexibility index (Phi) is 5.24. The minimum absolute atomic E-state index is 0.259. The van der Waals surface area contributed by atoms with Crippen molar-refractivity contribution < 1.29 is 4.74 Å². The summed E-state index contributed by atoms with van der Waals surface area (Å²) in [6.07, 6.45) is 0.322. The average molecular weight is 163 g/mol. The van der Waals surface area contributed by atoms with Gasteiger partial charge in [0, 0.05) is 6.54 Å². The highest BCUT2D eigenvalue weighted by Crippen LogP contribution is 2.05. The van der Waals surface area contributed by atoms with Crippen LogP contribution in [0.2, 0.25) is 0 Å². The molecule has 0 rings (SSSR count). The zero-order valence-corrected chi connectivity index (χ0v) is 8.45. The molecule has 0 aliphatic heterocycles. The molecule has 0 spiro atoms. The van der Waals surface area contributed by atoms with Gasteiger partial charge in [0.15, 0.2) is 0 Å². The second-order valence-electron chi connectivity index (χ2n) is 2.99. The van der Waals surface area contributed by atoms with E-state index in [9.17, 15) is 0 Å². The van der Waals surface area contributed by atoms with Gasteiger partial charge in [-0.05, 0) is 27.9 Å². The summed E-state index contributed by atoms with van der Waals surface area (Å²) in [6, 6.07) is 0. The van der Waals surface area contributed by atoms with Crippen molar-refractivity contribution in [1.82, 2.24) is 4.90 Å². The van der Waals surface area contributed by atoms with E-state index in [4.69, 9.17) is 4.74 Å². The molecule has 0 heterocycles. The smallest absolute Gasteiger partial charge is 0.0837 e. The van der Waals surface area contributed by atoms with Gasteiger partial charge in [0.05, 0.1) is 11.9 Å². The minimum Gasteiger partial charge on any atom is -0.370 e. The Labute approximate surface area is 66.1 Å². The van der Waals surface area contributed by atoms with Crippen molar-refractivity contribution in [1.29, 1.82) is 0 Å². The van der Waals surface area contributed by atoms with E-state index < -0.39 is 0 Å². The molecule has 10 heavy (non-hydrogen) atoms. The highest BCUT2D eigenvalue weighted by Gasteiger charge is 2.04. The summed E-state index contributed by atoms with van der Waals surface area (Å²) in [5.74, 6) is 0.259. The van der Waals surface area contributed by atoms with E-state index in [0.717, 1.165) is 6.54 Å². The highest BCUT2D eigenvalue weighted by atomic mass is 31.0. The lowest BCUT2D eigenvalue weighted by Crippen LogP contribution is -2.25. The molecular formula is C7H18NOP. The molecule has 0 amide bonds. The monoisotopic (exact) mass is 163 g/mol. The van der Waals surface area contributed by atoms with Gasteiger partial charge in [-0.15, -0.1) is 9.24 Å². The number of hydrogen-bond acceptors (Lipinski definition) is 2. The molecule has 2 atom stereocenters.